The molecular weight excluding hydrogens is 266 g/mol. The molecule has 2 aromatic rings. The first-order valence-electron chi connectivity index (χ1n) is 6.97. The molecule has 0 aliphatic heterocycles. The van der Waals surface area contributed by atoms with Crippen molar-refractivity contribution in [2.75, 3.05) is 11.9 Å². The molecule has 0 radical (unpaired) electrons. The molecule has 1 aromatic carbocycles. The van der Waals surface area contributed by atoms with Gasteiger partial charge in [0.1, 0.15) is 17.2 Å². The Morgan fingerprint density at radius 2 is 1.90 bits per heavy atom. The lowest BCUT2D eigenvalue weighted by molar-refractivity contribution is 0.803. The second kappa shape index (κ2) is 7.29. The van der Waals surface area contributed by atoms with E-state index in [2.05, 4.69) is 60.3 Å². The molecule has 0 aliphatic carbocycles. The van der Waals surface area contributed by atoms with Crippen molar-refractivity contribution in [2.24, 2.45) is 0 Å². The number of hydrogen-bond acceptors (Lipinski definition) is 4. The molecule has 0 saturated heterocycles. The van der Waals surface area contributed by atoms with Gasteiger partial charge in [0, 0.05) is 17.9 Å². The van der Waals surface area contributed by atoms with Crippen LogP contribution in [0.15, 0.2) is 41.7 Å². The first-order chi connectivity index (χ1) is 9.72. The summed E-state index contributed by atoms with van der Waals surface area (Å²) < 4.78 is 0. The van der Waals surface area contributed by atoms with E-state index in [1.165, 1.54) is 11.1 Å². The third-order valence-electron chi connectivity index (χ3n) is 2.99. The van der Waals surface area contributed by atoms with E-state index in [1.54, 1.807) is 18.1 Å². The van der Waals surface area contributed by atoms with Crippen LogP contribution in [0.1, 0.15) is 37.8 Å². The SMILES string of the molecule is CCNc1ncnc(SCc2ccccc2)c1C(C)C. The van der Waals surface area contributed by atoms with Gasteiger partial charge in [-0.2, -0.15) is 0 Å². The van der Waals surface area contributed by atoms with Crippen molar-refractivity contribution >= 4 is 17.6 Å². The van der Waals surface area contributed by atoms with Gasteiger partial charge in [-0.3, -0.25) is 0 Å². The lowest BCUT2D eigenvalue weighted by atomic mass is 10.1. The fourth-order valence-electron chi connectivity index (χ4n) is 2.05. The Balaban J connectivity index is 2.20. The van der Waals surface area contributed by atoms with Gasteiger partial charge in [-0.1, -0.05) is 44.2 Å². The van der Waals surface area contributed by atoms with E-state index >= 15 is 0 Å². The van der Waals surface area contributed by atoms with Crippen LogP contribution in [0.25, 0.3) is 0 Å². The Labute approximate surface area is 125 Å². The number of thioether (sulfide) groups is 1. The van der Waals surface area contributed by atoms with Crippen molar-refractivity contribution in [3.63, 3.8) is 0 Å². The Morgan fingerprint density at radius 3 is 2.55 bits per heavy atom. The fourth-order valence-corrected chi connectivity index (χ4v) is 3.15. The second-order valence-corrected chi connectivity index (χ2v) is 5.86. The van der Waals surface area contributed by atoms with Crippen molar-refractivity contribution in [1.82, 2.24) is 9.97 Å². The van der Waals surface area contributed by atoms with E-state index < -0.39 is 0 Å². The van der Waals surface area contributed by atoms with Crippen LogP contribution >= 0.6 is 11.8 Å². The van der Waals surface area contributed by atoms with Crippen LogP contribution in [0.4, 0.5) is 5.82 Å². The van der Waals surface area contributed by atoms with Crippen molar-refractivity contribution in [3.8, 4) is 0 Å². The predicted molar refractivity (Wildman–Crippen MR) is 86.3 cm³/mol. The van der Waals surface area contributed by atoms with Crippen molar-refractivity contribution in [3.05, 3.63) is 47.8 Å². The largest absolute Gasteiger partial charge is 0.370 e. The average molecular weight is 287 g/mol. The molecule has 4 heteroatoms. The summed E-state index contributed by atoms with van der Waals surface area (Å²) in [5, 5.41) is 4.41. The summed E-state index contributed by atoms with van der Waals surface area (Å²) in [7, 11) is 0. The highest BCUT2D eigenvalue weighted by Crippen LogP contribution is 2.32. The molecule has 0 atom stereocenters. The van der Waals surface area contributed by atoms with Crippen LogP contribution in [-0.4, -0.2) is 16.5 Å². The van der Waals surface area contributed by atoms with E-state index in [9.17, 15) is 0 Å². The summed E-state index contributed by atoms with van der Waals surface area (Å²) in [6.45, 7) is 7.33. The monoisotopic (exact) mass is 287 g/mol. The lowest BCUT2D eigenvalue weighted by Gasteiger charge is -2.16. The Bertz CT molecular complexity index is 541. The van der Waals surface area contributed by atoms with Crippen LogP contribution in [0, 0.1) is 0 Å². The molecule has 0 aliphatic rings. The summed E-state index contributed by atoms with van der Waals surface area (Å²) in [5.74, 6) is 2.31. The molecule has 2 rings (SSSR count). The molecule has 1 heterocycles. The molecule has 1 aromatic heterocycles. The van der Waals surface area contributed by atoms with Crippen molar-refractivity contribution in [2.45, 2.75) is 37.5 Å². The third kappa shape index (κ3) is 3.73. The molecule has 1 N–H and O–H groups in total. The van der Waals surface area contributed by atoms with Crippen LogP contribution in [0.5, 0.6) is 0 Å². The molecule has 0 spiro atoms. The zero-order valence-electron chi connectivity index (χ0n) is 12.3. The van der Waals surface area contributed by atoms with Gasteiger partial charge in [-0.05, 0) is 18.4 Å². The van der Waals surface area contributed by atoms with Gasteiger partial charge in [0.05, 0.1) is 0 Å². The van der Waals surface area contributed by atoms with Gasteiger partial charge in [0.25, 0.3) is 0 Å². The number of hydrogen-bond donors (Lipinski definition) is 1. The van der Waals surface area contributed by atoms with E-state index in [-0.39, 0.29) is 0 Å². The minimum atomic E-state index is 0.406. The van der Waals surface area contributed by atoms with E-state index in [0.29, 0.717) is 5.92 Å². The van der Waals surface area contributed by atoms with Gasteiger partial charge in [0.2, 0.25) is 0 Å². The van der Waals surface area contributed by atoms with E-state index in [1.807, 2.05) is 6.07 Å². The second-order valence-electron chi connectivity index (χ2n) is 4.90. The number of nitrogens with zero attached hydrogens (tertiary/aromatic N) is 2. The summed E-state index contributed by atoms with van der Waals surface area (Å²) in [6.07, 6.45) is 1.65. The average Bonchev–Trinajstić information content (AvgIpc) is 2.46. The number of rotatable bonds is 6. The van der Waals surface area contributed by atoms with E-state index in [4.69, 9.17) is 0 Å². The lowest BCUT2D eigenvalue weighted by Crippen LogP contribution is -2.07. The standard InChI is InChI=1S/C16H21N3S/c1-4-17-15-14(12(2)3)16(19-11-18-15)20-10-13-8-6-5-7-9-13/h5-9,11-12H,4,10H2,1-3H3,(H,17,18,19). The quantitative estimate of drug-likeness (QED) is 0.634. The highest BCUT2D eigenvalue weighted by atomic mass is 32.2. The summed E-state index contributed by atoms with van der Waals surface area (Å²) in [4.78, 5) is 8.84. The van der Waals surface area contributed by atoms with Crippen LogP contribution < -0.4 is 5.32 Å². The zero-order chi connectivity index (χ0) is 14.4. The maximum Gasteiger partial charge on any atom is 0.133 e. The molecular formula is C16H21N3S. The predicted octanol–water partition coefficient (Wildman–Crippen LogP) is 4.32. The third-order valence-corrected chi connectivity index (χ3v) is 4.06. The fraction of sp³-hybridized carbons (Fsp3) is 0.375. The molecule has 0 bridgehead atoms. The highest BCUT2D eigenvalue weighted by molar-refractivity contribution is 7.98. The molecule has 0 amide bonds. The van der Waals surface area contributed by atoms with Gasteiger partial charge >= 0.3 is 0 Å². The first kappa shape index (κ1) is 14.9. The Morgan fingerprint density at radius 1 is 1.15 bits per heavy atom. The summed E-state index contributed by atoms with van der Waals surface area (Å²) >= 11 is 1.78. The Hall–Kier alpha value is -1.55. The van der Waals surface area contributed by atoms with Crippen LogP contribution in [-0.2, 0) is 5.75 Å². The minimum absolute atomic E-state index is 0.406. The summed E-state index contributed by atoms with van der Waals surface area (Å²) in [5.41, 5.74) is 2.53. The first-order valence-corrected chi connectivity index (χ1v) is 7.96. The van der Waals surface area contributed by atoms with Gasteiger partial charge < -0.3 is 5.32 Å². The van der Waals surface area contributed by atoms with Gasteiger partial charge in [-0.25, -0.2) is 9.97 Å². The molecule has 0 unspecified atom stereocenters. The van der Waals surface area contributed by atoms with E-state index in [0.717, 1.165) is 23.1 Å². The topological polar surface area (TPSA) is 37.8 Å². The summed E-state index contributed by atoms with van der Waals surface area (Å²) in [6, 6.07) is 10.5. The maximum absolute atomic E-state index is 4.47. The number of anilines is 1. The number of nitrogens with one attached hydrogen (secondary N) is 1. The highest BCUT2D eigenvalue weighted by Gasteiger charge is 2.14. The normalized spacial score (nSPS) is 10.8. The molecule has 106 valence electrons. The van der Waals surface area contributed by atoms with Gasteiger partial charge in [0.15, 0.2) is 0 Å². The minimum Gasteiger partial charge on any atom is -0.370 e. The van der Waals surface area contributed by atoms with Crippen molar-refractivity contribution in [1.29, 1.82) is 0 Å². The van der Waals surface area contributed by atoms with Gasteiger partial charge in [-0.15, -0.1) is 11.8 Å². The Kier molecular flexibility index (Phi) is 5.41. The van der Waals surface area contributed by atoms with Crippen LogP contribution in [0.2, 0.25) is 0 Å². The maximum atomic E-state index is 4.47. The molecule has 0 saturated carbocycles. The molecule has 20 heavy (non-hydrogen) atoms. The van der Waals surface area contributed by atoms with Crippen LogP contribution in [0.3, 0.4) is 0 Å². The number of aromatic nitrogens is 2. The van der Waals surface area contributed by atoms with Crippen molar-refractivity contribution < 1.29 is 0 Å². The molecule has 3 nitrogen and oxygen atoms in total. The molecule has 0 fully saturated rings. The zero-order valence-corrected chi connectivity index (χ0v) is 13.1. The smallest absolute Gasteiger partial charge is 0.133 e. The number of benzene rings is 1.